The zero-order valence-electron chi connectivity index (χ0n) is 22.1. The standard InChI is InChI=1S/C36H20ClN3O2/c37-34-35(39-36-31(38-34)24-14-6-8-16-26(24)42-36)40-25-15-7-5-13-23(25)28-21-11-3-4-12-22(21)30-29-20-10-2-1-9-19(20)17-18-27(29)41-33(30)32(28)40/h1-18,21-22H. The van der Waals surface area contributed by atoms with Gasteiger partial charge in [0.2, 0.25) is 5.71 Å². The second-order valence-electron chi connectivity index (χ2n) is 11.0. The van der Waals surface area contributed by atoms with E-state index in [1.54, 1.807) is 0 Å². The summed E-state index contributed by atoms with van der Waals surface area (Å²) in [6, 6.07) is 29.0. The maximum absolute atomic E-state index is 7.02. The topological polar surface area (TPSA) is 57.0 Å². The molecule has 0 N–H and O–H groups in total. The molecule has 2 aliphatic carbocycles. The maximum atomic E-state index is 7.02. The lowest BCUT2D eigenvalue weighted by molar-refractivity contribution is 0.600. The molecular weight excluding hydrogens is 542 g/mol. The minimum atomic E-state index is 0.116. The summed E-state index contributed by atoms with van der Waals surface area (Å²) in [6.07, 6.45) is 8.91. The van der Waals surface area contributed by atoms with Crippen LogP contribution in [0.15, 0.2) is 118 Å². The smallest absolute Gasteiger partial charge is 0.248 e. The predicted octanol–water partition coefficient (Wildman–Crippen LogP) is 9.85. The van der Waals surface area contributed by atoms with Gasteiger partial charge in [-0.1, -0.05) is 96.6 Å². The maximum Gasteiger partial charge on any atom is 0.248 e. The molecule has 5 nitrogen and oxygen atoms in total. The van der Waals surface area contributed by atoms with Crippen molar-refractivity contribution in [3.63, 3.8) is 0 Å². The minimum absolute atomic E-state index is 0.116. The van der Waals surface area contributed by atoms with E-state index in [4.69, 9.17) is 30.4 Å². The zero-order valence-corrected chi connectivity index (χ0v) is 22.8. The number of para-hydroxylation sites is 2. The summed E-state index contributed by atoms with van der Waals surface area (Å²) >= 11 is 7.02. The monoisotopic (exact) mass is 561 g/mol. The van der Waals surface area contributed by atoms with E-state index >= 15 is 0 Å². The second-order valence-corrected chi connectivity index (χ2v) is 11.4. The molecule has 4 heterocycles. The Bertz CT molecular complexity index is 2510. The van der Waals surface area contributed by atoms with Crippen molar-refractivity contribution in [3.8, 4) is 17.3 Å². The average molecular weight is 562 g/mol. The molecule has 0 bridgehead atoms. The summed E-state index contributed by atoms with van der Waals surface area (Å²) < 4.78 is 15.1. The molecule has 0 saturated carbocycles. The van der Waals surface area contributed by atoms with Crippen molar-refractivity contribution in [1.82, 2.24) is 14.5 Å². The van der Waals surface area contributed by atoms with Crippen molar-refractivity contribution in [1.29, 1.82) is 0 Å². The van der Waals surface area contributed by atoms with Crippen LogP contribution in [0.2, 0.25) is 5.15 Å². The molecule has 0 saturated heterocycles. The highest BCUT2D eigenvalue weighted by Gasteiger charge is 2.41. The van der Waals surface area contributed by atoms with Gasteiger partial charge in [-0.3, -0.25) is 4.57 Å². The molecular formula is C36H20ClN3O2. The first kappa shape index (κ1) is 22.5. The number of nitrogens with zero attached hydrogens (tertiary/aromatic N) is 3. The first-order valence-electron chi connectivity index (χ1n) is 14.0. The Morgan fingerprint density at radius 2 is 1.40 bits per heavy atom. The zero-order chi connectivity index (χ0) is 27.5. The van der Waals surface area contributed by atoms with E-state index in [2.05, 4.69) is 83.5 Å². The number of fused-ring (bicyclic) bond motifs is 15. The highest BCUT2D eigenvalue weighted by atomic mass is 35.5. The Morgan fingerprint density at radius 1 is 0.667 bits per heavy atom. The van der Waals surface area contributed by atoms with Gasteiger partial charge in [-0.15, -0.1) is 0 Å². The highest BCUT2D eigenvalue weighted by molar-refractivity contribution is 6.31. The van der Waals surface area contributed by atoms with Crippen molar-refractivity contribution < 1.29 is 8.83 Å². The first-order chi connectivity index (χ1) is 20.8. The normalized spacial score (nSPS) is 17.5. The molecule has 2 aliphatic rings. The Labute approximate surface area is 244 Å². The molecule has 0 fully saturated rings. The summed E-state index contributed by atoms with van der Waals surface area (Å²) in [4.78, 5) is 9.85. The van der Waals surface area contributed by atoms with Crippen LogP contribution in [0.5, 0.6) is 0 Å². The van der Waals surface area contributed by atoms with E-state index in [0.717, 1.165) is 44.3 Å². The van der Waals surface area contributed by atoms with Crippen LogP contribution >= 0.6 is 11.6 Å². The summed E-state index contributed by atoms with van der Waals surface area (Å²) in [7, 11) is 0. The molecule has 8 aromatic rings. The summed E-state index contributed by atoms with van der Waals surface area (Å²) in [5.41, 5.74) is 7.05. The van der Waals surface area contributed by atoms with Crippen molar-refractivity contribution in [2.75, 3.05) is 0 Å². The fourth-order valence-electron chi connectivity index (χ4n) is 7.23. The van der Waals surface area contributed by atoms with Crippen LogP contribution in [-0.4, -0.2) is 14.5 Å². The average Bonchev–Trinajstić information content (AvgIpc) is 3.70. The molecule has 10 rings (SSSR count). The molecule has 4 aromatic heterocycles. The third-order valence-corrected chi connectivity index (χ3v) is 9.17. The van der Waals surface area contributed by atoms with Gasteiger partial charge in [0.25, 0.3) is 0 Å². The third kappa shape index (κ3) is 2.78. The third-order valence-electron chi connectivity index (χ3n) is 8.91. The minimum Gasteiger partial charge on any atom is -0.454 e. The van der Waals surface area contributed by atoms with Crippen molar-refractivity contribution >= 4 is 66.4 Å². The van der Waals surface area contributed by atoms with Crippen LogP contribution in [0, 0.1) is 0 Å². The van der Waals surface area contributed by atoms with Gasteiger partial charge in [0.05, 0.1) is 11.2 Å². The van der Waals surface area contributed by atoms with Crippen molar-refractivity contribution in [3.05, 3.63) is 126 Å². The molecule has 2 atom stereocenters. The number of rotatable bonds is 1. The van der Waals surface area contributed by atoms with Crippen molar-refractivity contribution in [2.24, 2.45) is 0 Å². The fraction of sp³-hybridized carbons (Fsp3) is 0.0556. The van der Waals surface area contributed by atoms with E-state index in [0.29, 0.717) is 22.2 Å². The van der Waals surface area contributed by atoms with Gasteiger partial charge in [-0.05, 0) is 40.6 Å². The lowest BCUT2D eigenvalue weighted by Crippen LogP contribution is -2.16. The highest BCUT2D eigenvalue weighted by Crippen LogP contribution is 2.57. The van der Waals surface area contributed by atoms with Gasteiger partial charge in [-0.25, -0.2) is 4.98 Å². The molecule has 198 valence electrons. The van der Waals surface area contributed by atoms with Crippen LogP contribution in [0.3, 0.4) is 0 Å². The van der Waals surface area contributed by atoms with Crippen molar-refractivity contribution in [2.45, 2.75) is 11.8 Å². The molecule has 0 spiro atoms. The van der Waals surface area contributed by atoms with E-state index in [-0.39, 0.29) is 11.8 Å². The Kier molecular flexibility index (Phi) is 4.29. The summed E-state index contributed by atoms with van der Waals surface area (Å²) in [5.74, 6) is 1.61. The first-order valence-corrected chi connectivity index (χ1v) is 14.4. The number of aromatic nitrogens is 3. The number of halogens is 1. The number of hydrogen-bond donors (Lipinski definition) is 0. The van der Waals surface area contributed by atoms with Crippen LogP contribution in [0.1, 0.15) is 23.0 Å². The number of allylic oxidation sites excluding steroid dienone is 4. The van der Waals surface area contributed by atoms with Crippen LogP contribution < -0.4 is 0 Å². The van der Waals surface area contributed by atoms with Crippen LogP contribution in [-0.2, 0) is 0 Å². The van der Waals surface area contributed by atoms with E-state index in [1.165, 1.54) is 21.9 Å². The van der Waals surface area contributed by atoms with Crippen LogP contribution in [0.25, 0.3) is 72.1 Å². The van der Waals surface area contributed by atoms with E-state index < -0.39 is 0 Å². The molecule has 6 heteroatoms. The van der Waals surface area contributed by atoms with E-state index in [1.807, 2.05) is 30.3 Å². The number of benzene rings is 4. The number of furan rings is 2. The molecule has 0 amide bonds. The van der Waals surface area contributed by atoms with Gasteiger partial charge >= 0.3 is 0 Å². The van der Waals surface area contributed by atoms with Gasteiger partial charge in [0.15, 0.2) is 16.7 Å². The van der Waals surface area contributed by atoms with Gasteiger partial charge in [0.1, 0.15) is 16.7 Å². The van der Waals surface area contributed by atoms with Gasteiger partial charge < -0.3 is 8.83 Å². The molecule has 2 unspecified atom stereocenters. The molecule has 42 heavy (non-hydrogen) atoms. The van der Waals surface area contributed by atoms with Gasteiger partial charge in [0, 0.05) is 33.6 Å². The molecule has 0 radical (unpaired) electrons. The van der Waals surface area contributed by atoms with Crippen LogP contribution in [0.4, 0.5) is 0 Å². The quantitative estimate of drug-likeness (QED) is 0.200. The largest absolute Gasteiger partial charge is 0.454 e. The summed E-state index contributed by atoms with van der Waals surface area (Å²) in [5, 5.41) is 5.87. The van der Waals surface area contributed by atoms with E-state index in [9.17, 15) is 0 Å². The second kappa shape index (κ2) is 7.99. The van der Waals surface area contributed by atoms with Gasteiger partial charge in [-0.2, -0.15) is 4.98 Å². The molecule has 4 aromatic carbocycles. The Balaban J connectivity index is 1.38. The SMILES string of the molecule is Clc1nc2c(nc1-n1c3c(c4ccccc41)C1C=CC=CC1c1c-3oc3ccc4ccccc4c13)oc1ccccc12. The Hall–Kier alpha value is -5.13. The Morgan fingerprint density at radius 3 is 2.29 bits per heavy atom. The predicted molar refractivity (Wildman–Crippen MR) is 168 cm³/mol. The lowest BCUT2D eigenvalue weighted by atomic mass is 9.72. The number of hydrogen-bond acceptors (Lipinski definition) is 4. The fourth-order valence-corrected chi connectivity index (χ4v) is 7.44. The molecule has 0 aliphatic heterocycles. The lowest BCUT2D eigenvalue weighted by Gasteiger charge is -2.30. The summed E-state index contributed by atoms with van der Waals surface area (Å²) in [6.45, 7) is 0.